The highest BCUT2D eigenvalue weighted by atomic mass is 16.2. The maximum atomic E-state index is 11.9. The Kier molecular flexibility index (Phi) is 4.18. The Balaban J connectivity index is 1.73. The van der Waals surface area contributed by atoms with Crippen molar-refractivity contribution < 1.29 is 4.79 Å². The molecule has 1 aliphatic carbocycles. The van der Waals surface area contributed by atoms with Crippen LogP contribution in [-0.2, 0) is 4.79 Å². The Morgan fingerprint density at radius 1 is 1.12 bits per heavy atom. The fourth-order valence-electron chi connectivity index (χ4n) is 2.64. The van der Waals surface area contributed by atoms with Crippen molar-refractivity contribution in [2.75, 3.05) is 6.54 Å². The average molecular weight is 225 g/mol. The van der Waals surface area contributed by atoms with Crippen LogP contribution in [0.2, 0.25) is 0 Å². The van der Waals surface area contributed by atoms with Crippen LogP contribution in [-0.4, -0.2) is 30.6 Å². The van der Waals surface area contributed by atoms with E-state index in [1.54, 1.807) is 0 Å². The van der Waals surface area contributed by atoms with E-state index in [0.717, 1.165) is 38.6 Å². The second kappa shape index (κ2) is 5.64. The Morgan fingerprint density at radius 3 is 2.50 bits per heavy atom. The lowest BCUT2D eigenvalue weighted by Crippen LogP contribution is -2.50. The molecule has 2 fully saturated rings. The minimum atomic E-state index is 0.0457. The molecule has 0 aromatic heterocycles. The van der Waals surface area contributed by atoms with Gasteiger partial charge < -0.3 is 16.4 Å². The van der Waals surface area contributed by atoms with Crippen molar-refractivity contribution in [3.05, 3.63) is 0 Å². The number of hydrogen-bond acceptors (Lipinski definition) is 3. The topological polar surface area (TPSA) is 67.1 Å². The molecule has 1 saturated heterocycles. The van der Waals surface area contributed by atoms with Crippen LogP contribution in [0.4, 0.5) is 0 Å². The largest absolute Gasteiger partial charge is 0.352 e. The monoisotopic (exact) mass is 225 g/mol. The number of piperidine rings is 1. The molecule has 1 heterocycles. The molecule has 0 radical (unpaired) electrons. The van der Waals surface area contributed by atoms with Crippen molar-refractivity contribution in [1.29, 1.82) is 0 Å². The van der Waals surface area contributed by atoms with Gasteiger partial charge in [-0.25, -0.2) is 0 Å². The summed E-state index contributed by atoms with van der Waals surface area (Å²) in [5.74, 6) is 0.195. The van der Waals surface area contributed by atoms with Gasteiger partial charge in [0, 0.05) is 12.1 Å². The van der Waals surface area contributed by atoms with Crippen molar-refractivity contribution in [2.45, 2.75) is 63.1 Å². The highest BCUT2D eigenvalue weighted by Crippen LogP contribution is 2.17. The first-order valence-corrected chi connectivity index (χ1v) is 6.55. The van der Waals surface area contributed by atoms with Crippen LogP contribution < -0.4 is 16.4 Å². The zero-order valence-corrected chi connectivity index (χ0v) is 9.87. The minimum Gasteiger partial charge on any atom is -0.352 e. The lowest BCUT2D eigenvalue weighted by Gasteiger charge is -2.29. The Morgan fingerprint density at radius 2 is 1.88 bits per heavy atom. The number of carbonyl (C=O) groups is 1. The smallest absolute Gasteiger partial charge is 0.237 e. The van der Waals surface area contributed by atoms with E-state index in [-0.39, 0.29) is 11.9 Å². The molecule has 0 aromatic carbocycles. The maximum Gasteiger partial charge on any atom is 0.237 e. The molecular formula is C12H23N3O. The van der Waals surface area contributed by atoms with Crippen LogP contribution in [0, 0.1) is 0 Å². The van der Waals surface area contributed by atoms with Gasteiger partial charge in [-0.1, -0.05) is 6.42 Å². The maximum absolute atomic E-state index is 11.9. The summed E-state index contributed by atoms with van der Waals surface area (Å²) in [6, 6.07) is 0.751. The van der Waals surface area contributed by atoms with E-state index in [4.69, 9.17) is 5.73 Å². The lowest BCUT2D eigenvalue weighted by molar-refractivity contribution is -0.124. The van der Waals surface area contributed by atoms with Crippen LogP contribution in [0.3, 0.4) is 0 Å². The quantitative estimate of drug-likeness (QED) is 0.641. The summed E-state index contributed by atoms with van der Waals surface area (Å²) >= 11 is 0. The number of nitrogens with one attached hydrogen (secondary N) is 2. The normalized spacial score (nSPS) is 35.7. The molecule has 4 heteroatoms. The van der Waals surface area contributed by atoms with Gasteiger partial charge in [0.1, 0.15) is 0 Å². The van der Waals surface area contributed by atoms with Crippen molar-refractivity contribution in [2.24, 2.45) is 5.73 Å². The van der Waals surface area contributed by atoms with Gasteiger partial charge in [0.05, 0.1) is 6.04 Å². The van der Waals surface area contributed by atoms with E-state index in [9.17, 15) is 4.79 Å². The number of amides is 1. The van der Waals surface area contributed by atoms with E-state index in [2.05, 4.69) is 10.6 Å². The second-order valence-corrected chi connectivity index (χ2v) is 5.12. The van der Waals surface area contributed by atoms with Crippen LogP contribution in [0.25, 0.3) is 0 Å². The Labute approximate surface area is 97.3 Å². The molecule has 1 amide bonds. The average Bonchev–Trinajstić information content (AvgIpc) is 2.33. The zero-order chi connectivity index (χ0) is 11.4. The summed E-state index contributed by atoms with van der Waals surface area (Å²) < 4.78 is 0. The molecule has 4 N–H and O–H groups in total. The van der Waals surface area contributed by atoms with Crippen LogP contribution in [0.5, 0.6) is 0 Å². The standard InChI is InChI=1S/C12H23N3O/c13-9-4-6-10(7-5-9)15-12(16)11-3-1-2-8-14-11/h9-11,14H,1-8,13H2,(H,15,16)/t9?,10?,11-/m1/s1. The summed E-state index contributed by atoms with van der Waals surface area (Å²) in [6.45, 7) is 0.980. The minimum absolute atomic E-state index is 0.0457. The van der Waals surface area contributed by atoms with Gasteiger partial charge in [-0.05, 0) is 45.1 Å². The summed E-state index contributed by atoms with van der Waals surface area (Å²) in [5.41, 5.74) is 5.85. The van der Waals surface area contributed by atoms with Crippen molar-refractivity contribution in [1.82, 2.24) is 10.6 Å². The second-order valence-electron chi connectivity index (χ2n) is 5.12. The summed E-state index contributed by atoms with van der Waals surface area (Å²) in [4.78, 5) is 11.9. The molecule has 0 spiro atoms. The van der Waals surface area contributed by atoms with Crippen molar-refractivity contribution in [3.63, 3.8) is 0 Å². The third-order valence-corrected chi connectivity index (χ3v) is 3.75. The van der Waals surface area contributed by atoms with E-state index in [1.807, 2.05) is 0 Å². The predicted octanol–water partition coefficient (Wildman–Crippen LogP) is 0.515. The highest BCUT2D eigenvalue weighted by molar-refractivity contribution is 5.82. The van der Waals surface area contributed by atoms with Crippen molar-refractivity contribution in [3.8, 4) is 0 Å². The molecule has 0 aromatic rings. The van der Waals surface area contributed by atoms with Gasteiger partial charge >= 0.3 is 0 Å². The molecule has 0 unspecified atom stereocenters. The number of carbonyl (C=O) groups excluding carboxylic acids is 1. The van der Waals surface area contributed by atoms with E-state index in [0.29, 0.717) is 12.1 Å². The molecular weight excluding hydrogens is 202 g/mol. The Hall–Kier alpha value is -0.610. The third-order valence-electron chi connectivity index (χ3n) is 3.75. The fraction of sp³-hybridized carbons (Fsp3) is 0.917. The van der Waals surface area contributed by atoms with Crippen LogP contribution in [0.1, 0.15) is 44.9 Å². The van der Waals surface area contributed by atoms with E-state index >= 15 is 0 Å². The first-order valence-electron chi connectivity index (χ1n) is 6.55. The first kappa shape index (κ1) is 11.9. The van der Waals surface area contributed by atoms with Crippen LogP contribution >= 0.6 is 0 Å². The fourth-order valence-corrected chi connectivity index (χ4v) is 2.64. The molecule has 4 nitrogen and oxygen atoms in total. The molecule has 1 aliphatic heterocycles. The molecule has 0 bridgehead atoms. The number of rotatable bonds is 2. The lowest BCUT2D eigenvalue weighted by atomic mass is 9.91. The molecule has 2 rings (SSSR count). The molecule has 1 saturated carbocycles. The van der Waals surface area contributed by atoms with Gasteiger partial charge in [-0.3, -0.25) is 4.79 Å². The SMILES string of the molecule is NC1CCC(NC(=O)[C@H]2CCCCN2)CC1. The molecule has 92 valence electrons. The van der Waals surface area contributed by atoms with Gasteiger partial charge in [-0.2, -0.15) is 0 Å². The van der Waals surface area contributed by atoms with Gasteiger partial charge in [0.2, 0.25) is 5.91 Å². The first-order chi connectivity index (χ1) is 7.75. The van der Waals surface area contributed by atoms with Crippen LogP contribution in [0.15, 0.2) is 0 Å². The third kappa shape index (κ3) is 3.19. The van der Waals surface area contributed by atoms with Crippen molar-refractivity contribution >= 4 is 5.91 Å². The van der Waals surface area contributed by atoms with Gasteiger partial charge in [0.15, 0.2) is 0 Å². The predicted molar refractivity (Wildman–Crippen MR) is 64.0 cm³/mol. The Bertz CT molecular complexity index is 230. The molecule has 2 aliphatic rings. The summed E-state index contributed by atoms with van der Waals surface area (Å²) in [6.07, 6.45) is 7.52. The van der Waals surface area contributed by atoms with E-state index < -0.39 is 0 Å². The number of nitrogens with two attached hydrogens (primary N) is 1. The summed E-state index contributed by atoms with van der Waals surface area (Å²) in [7, 11) is 0. The molecule has 16 heavy (non-hydrogen) atoms. The highest BCUT2D eigenvalue weighted by Gasteiger charge is 2.25. The number of hydrogen-bond donors (Lipinski definition) is 3. The zero-order valence-electron chi connectivity index (χ0n) is 9.87. The van der Waals surface area contributed by atoms with Gasteiger partial charge in [0.25, 0.3) is 0 Å². The summed E-state index contributed by atoms with van der Waals surface area (Å²) in [5, 5.41) is 6.43. The van der Waals surface area contributed by atoms with Gasteiger partial charge in [-0.15, -0.1) is 0 Å². The molecule has 1 atom stereocenters. The van der Waals surface area contributed by atoms with E-state index in [1.165, 1.54) is 12.8 Å².